The Morgan fingerprint density at radius 1 is 1.39 bits per heavy atom. The quantitative estimate of drug-likeness (QED) is 0.366. The molecule has 0 amide bonds. The summed E-state index contributed by atoms with van der Waals surface area (Å²) in [5.41, 5.74) is 6.49. The van der Waals surface area contributed by atoms with Crippen LogP contribution in [0.2, 0.25) is 0 Å². The summed E-state index contributed by atoms with van der Waals surface area (Å²) in [6.07, 6.45) is -0.0471. The molecule has 1 aromatic carbocycles. The van der Waals surface area contributed by atoms with E-state index in [4.69, 9.17) is 23.2 Å². The van der Waals surface area contributed by atoms with Gasteiger partial charge in [0.15, 0.2) is 5.11 Å². The molecule has 0 aliphatic carbocycles. The number of aromatic nitrogens is 3. The second kappa shape index (κ2) is 8.69. The standard InChI is InChI=1S/C20H18F3N7S/c1-29-11-26-10-18(29)17-7-13(9-27-30(2)19(25)31)14-6-12(4-3-5-24)15(20(21,22)23)8-16(14)28-17/h6-11H,3-4H2,1-2H3,(H2,25,31)/b27-9+. The molecule has 31 heavy (non-hydrogen) atoms. The first-order valence-electron chi connectivity index (χ1n) is 9.07. The van der Waals surface area contributed by atoms with Crippen molar-refractivity contribution in [3.05, 3.63) is 47.4 Å². The number of pyridine rings is 1. The lowest BCUT2D eigenvalue weighted by molar-refractivity contribution is -0.138. The number of thiocarbonyl (C=S) groups is 1. The van der Waals surface area contributed by atoms with E-state index in [0.29, 0.717) is 22.3 Å². The molecular formula is C20H18F3N7S. The molecule has 0 fully saturated rings. The van der Waals surface area contributed by atoms with E-state index in [-0.39, 0.29) is 29.0 Å². The molecule has 0 atom stereocenters. The Bertz CT molecular complexity index is 1210. The number of nitrogens with two attached hydrogens (primary N) is 1. The van der Waals surface area contributed by atoms with E-state index < -0.39 is 11.7 Å². The van der Waals surface area contributed by atoms with Gasteiger partial charge < -0.3 is 10.3 Å². The Balaban J connectivity index is 2.30. The van der Waals surface area contributed by atoms with Crippen LogP contribution in [0.15, 0.2) is 35.8 Å². The van der Waals surface area contributed by atoms with Crippen molar-refractivity contribution >= 4 is 34.4 Å². The fourth-order valence-electron chi connectivity index (χ4n) is 3.05. The Morgan fingerprint density at radius 3 is 2.71 bits per heavy atom. The summed E-state index contributed by atoms with van der Waals surface area (Å²) in [4.78, 5) is 8.49. The minimum Gasteiger partial charge on any atom is -0.375 e. The van der Waals surface area contributed by atoms with Gasteiger partial charge in [0.2, 0.25) is 0 Å². The fourth-order valence-corrected chi connectivity index (χ4v) is 3.10. The Morgan fingerprint density at radius 2 is 2.13 bits per heavy atom. The highest BCUT2D eigenvalue weighted by Gasteiger charge is 2.34. The summed E-state index contributed by atoms with van der Waals surface area (Å²) < 4.78 is 42.8. The van der Waals surface area contributed by atoms with Crippen molar-refractivity contribution in [3.63, 3.8) is 0 Å². The average molecular weight is 445 g/mol. The molecule has 2 heterocycles. The summed E-state index contributed by atoms with van der Waals surface area (Å²) in [7, 11) is 3.32. The first-order chi connectivity index (χ1) is 14.6. The summed E-state index contributed by atoms with van der Waals surface area (Å²) in [5, 5.41) is 14.8. The molecule has 0 unspecified atom stereocenters. The highest BCUT2D eigenvalue weighted by atomic mass is 32.1. The van der Waals surface area contributed by atoms with Gasteiger partial charge in [-0.3, -0.25) is 0 Å². The number of benzene rings is 1. The second-order valence-corrected chi connectivity index (χ2v) is 7.19. The van der Waals surface area contributed by atoms with Crippen LogP contribution in [-0.4, -0.2) is 37.9 Å². The number of alkyl halides is 3. The first kappa shape index (κ1) is 22.2. The van der Waals surface area contributed by atoms with Gasteiger partial charge in [0, 0.05) is 31.5 Å². The number of imidazole rings is 1. The number of fused-ring (bicyclic) bond motifs is 1. The van der Waals surface area contributed by atoms with Crippen molar-refractivity contribution in [1.82, 2.24) is 19.5 Å². The molecule has 0 aliphatic heterocycles. The fraction of sp³-hybridized carbons (Fsp3) is 0.250. The van der Waals surface area contributed by atoms with Crippen LogP contribution in [0.4, 0.5) is 13.2 Å². The number of rotatable bonds is 5. The maximum atomic E-state index is 13.7. The number of nitrogens with zero attached hydrogens (tertiary/aromatic N) is 6. The average Bonchev–Trinajstić information content (AvgIpc) is 3.14. The third-order valence-electron chi connectivity index (χ3n) is 4.65. The minimum atomic E-state index is -4.58. The summed E-state index contributed by atoms with van der Waals surface area (Å²) in [5.74, 6) is 0. The lowest BCUT2D eigenvalue weighted by Crippen LogP contribution is -2.27. The Labute approximate surface area is 181 Å². The first-order valence-corrected chi connectivity index (χ1v) is 9.48. The molecule has 0 saturated carbocycles. The minimum absolute atomic E-state index is 0.0222. The predicted octanol–water partition coefficient (Wildman–Crippen LogP) is 3.62. The van der Waals surface area contributed by atoms with Crippen molar-refractivity contribution in [3.8, 4) is 17.5 Å². The molecule has 11 heteroatoms. The second-order valence-electron chi connectivity index (χ2n) is 6.78. The van der Waals surface area contributed by atoms with Gasteiger partial charge in [-0.15, -0.1) is 0 Å². The Kier molecular flexibility index (Phi) is 6.21. The molecule has 2 aromatic heterocycles. The van der Waals surface area contributed by atoms with Crippen molar-refractivity contribution in [2.45, 2.75) is 19.0 Å². The molecular weight excluding hydrogens is 427 g/mol. The van der Waals surface area contributed by atoms with E-state index in [9.17, 15) is 13.2 Å². The zero-order chi connectivity index (χ0) is 22.8. The Hall–Kier alpha value is -3.52. The van der Waals surface area contributed by atoms with Gasteiger partial charge in [-0.2, -0.15) is 23.5 Å². The molecule has 0 radical (unpaired) electrons. The topological polar surface area (TPSA) is 96.1 Å². The van der Waals surface area contributed by atoms with E-state index in [2.05, 4.69) is 15.1 Å². The normalized spacial score (nSPS) is 11.7. The molecule has 0 aliphatic rings. The van der Waals surface area contributed by atoms with Crippen LogP contribution in [0.3, 0.4) is 0 Å². The number of hydrogen-bond donors (Lipinski definition) is 1. The van der Waals surface area contributed by atoms with Gasteiger partial charge >= 0.3 is 6.18 Å². The zero-order valence-electron chi connectivity index (χ0n) is 16.7. The lowest BCUT2D eigenvalue weighted by Gasteiger charge is -2.16. The van der Waals surface area contributed by atoms with Crippen molar-refractivity contribution < 1.29 is 13.2 Å². The van der Waals surface area contributed by atoms with E-state index >= 15 is 0 Å². The zero-order valence-corrected chi connectivity index (χ0v) is 17.5. The lowest BCUT2D eigenvalue weighted by atomic mass is 9.97. The van der Waals surface area contributed by atoms with Crippen LogP contribution in [0.25, 0.3) is 22.3 Å². The van der Waals surface area contributed by atoms with Crippen LogP contribution in [0.1, 0.15) is 23.1 Å². The van der Waals surface area contributed by atoms with Gasteiger partial charge in [0.1, 0.15) is 0 Å². The van der Waals surface area contributed by atoms with Gasteiger partial charge in [0.05, 0.1) is 47.3 Å². The largest absolute Gasteiger partial charge is 0.416 e. The van der Waals surface area contributed by atoms with Gasteiger partial charge in [0.25, 0.3) is 0 Å². The number of hydrogen-bond acceptors (Lipinski definition) is 5. The van der Waals surface area contributed by atoms with E-state index in [1.807, 2.05) is 6.07 Å². The van der Waals surface area contributed by atoms with Crippen molar-refractivity contribution in [1.29, 1.82) is 5.26 Å². The van der Waals surface area contributed by atoms with E-state index in [1.54, 1.807) is 37.3 Å². The summed E-state index contributed by atoms with van der Waals surface area (Å²) in [6, 6.07) is 6.02. The number of nitriles is 1. The molecule has 3 aromatic rings. The highest BCUT2D eigenvalue weighted by Crippen LogP contribution is 2.36. The molecule has 2 N–H and O–H groups in total. The molecule has 3 rings (SSSR count). The molecule has 160 valence electrons. The summed E-state index contributed by atoms with van der Waals surface area (Å²) in [6.45, 7) is 0. The smallest absolute Gasteiger partial charge is 0.375 e. The van der Waals surface area contributed by atoms with Crippen molar-refractivity contribution in [2.24, 2.45) is 17.9 Å². The molecule has 0 spiro atoms. The van der Waals surface area contributed by atoms with Crippen LogP contribution in [0.5, 0.6) is 0 Å². The number of aryl methyl sites for hydroxylation is 2. The van der Waals surface area contributed by atoms with Gasteiger partial charge in [-0.25, -0.2) is 15.0 Å². The summed E-state index contributed by atoms with van der Waals surface area (Å²) >= 11 is 4.87. The van der Waals surface area contributed by atoms with Crippen molar-refractivity contribution in [2.75, 3.05) is 7.05 Å². The van der Waals surface area contributed by atoms with Gasteiger partial charge in [-0.1, -0.05) is 0 Å². The molecule has 7 nitrogen and oxygen atoms in total. The number of hydrazone groups is 1. The maximum absolute atomic E-state index is 13.7. The predicted molar refractivity (Wildman–Crippen MR) is 115 cm³/mol. The van der Waals surface area contributed by atoms with E-state index in [1.165, 1.54) is 17.3 Å². The molecule has 0 bridgehead atoms. The van der Waals surface area contributed by atoms with Gasteiger partial charge in [-0.05, 0) is 42.4 Å². The van der Waals surface area contributed by atoms with Crippen LogP contribution < -0.4 is 5.73 Å². The van der Waals surface area contributed by atoms with E-state index in [0.717, 1.165) is 6.07 Å². The van der Waals surface area contributed by atoms with Crippen LogP contribution in [-0.2, 0) is 19.6 Å². The molecule has 0 saturated heterocycles. The van der Waals surface area contributed by atoms with Crippen LogP contribution in [0, 0.1) is 11.3 Å². The SMILES string of the molecule is CN(/N=C/c1cc(-c2cncn2C)nc2cc(C(F)(F)F)c(CCC#N)cc12)C(N)=S. The third kappa shape index (κ3) is 4.80. The maximum Gasteiger partial charge on any atom is 0.416 e. The van der Waals surface area contributed by atoms with Crippen LogP contribution >= 0.6 is 12.2 Å². The third-order valence-corrected chi connectivity index (χ3v) is 4.91. The monoisotopic (exact) mass is 445 g/mol. The highest BCUT2D eigenvalue weighted by molar-refractivity contribution is 7.80. The number of halogens is 3.